The average Bonchev–Trinajstić information content (AvgIpc) is 2.46. The van der Waals surface area contributed by atoms with Gasteiger partial charge in [-0.3, -0.25) is 4.79 Å². The van der Waals surface area contributed by atoms with Gasteiger partial charge in [0.2, 0.25) is 5.91 Å². The molecule has 0 unspecified atom stereocenters. The van der Waals surface area contributed by atoms with Crippen molar-refractivity contribution in [2.45, 2.75) is 32.7 Å². The second kappa shape index (κ2) is 9.08. The van der Waals surface area contributed by atoms with Crippen molar-refractivity contribution in [1.29, 1.82) is 0 Å². The van der Waals surface area contributed by atoms with Gasteiger partial charge in [-0.25, -0.2) is 0 Å². The second-order valence-corrected chi connectivity index (χ2v) is 5.57. The lowest BCUT2D eigenvalue weighted by atomic mass is 10.1. The predicted octanol–water partition coefficient (Wildman–Crippen LogP) is 4.02. The number of rotatable bonds is 7. The van der Waals surface area contributed by atoms with E-state index in [0.29, 0.717) is 16.6 Å². The molecule has 1 rings (SSSR count). The van der Waals surface area contributed by atoms with E-state index >= 15 is 0 Å². The number of hydrogen-bond acceptors (Lipinski definition) is 2. The fourth-order valence-corrected chi connectivity index (χ4v) is 2.67. The standard InChI is InChI=1S/C16H21Cl2NO2/c1-3-14(4-2)19(9-10-20)16(21)8-6-12-5-7-13(17)11-15(12)18/h5-8,11,14,20H,3-4,9-10H2,1-2H3. The summed E-state index contributed by atoms with van der Waals surface area (Å²) in [6.07, 6.45) is 4.88. The van der Waals surface area contributed by atoms with Gasteiger partial charge in [0.25, 0.3) is 0 Å². The summed E-state index contributed by atoms with van der Waals surface area (Å²) in [6, 6.07) is 5.26. The fourth-order valence-electron chi connectivity index (χ4n) is 2.20. The molecule has 21 heavy (non-hydrogen) atoms. The molecule has 0 saturated carbocycles. The molecule has 3 nitrogen and oxygen atoms in total. The zero-order chi connectivity index (χ0) is 15.8. The number of amides is 1. The summed E-state index contributed by atoms with van der Waals surface area (Å²) in [6.45, 7) is 4.36. The molecule has 0 aliphatic carbocycles. The largest absolute Gasteiger partial charge is 0.395 e. The van der Waals surface area contributed by atoms with E-state index in [-0.39, 0.29) is 18.6 Å². The van der Waals surface area contributed by atoms with Gasteiger partial charge in [-0.15, -0.1) is 0 Å². The van der Waals surface area contributed by atoms with E-state index in [1.54, 1.807) is 29.2 Å². The first kappa shape index (κ1) is 18.0. The maximum absolute atomic E-state index is 12.3. The Morgan fingerprint density at radius 2 is 2.00 bits per heavy atom. The molecule has 0 radical (unpaired) electrons. The number of benzene rings is 1. The van der Waals surface area contributed by atoms with Gasteiger partial charge in [-0.05, 0) is 36.6 Å². The minimum atomic E-state index is -0.122. The highest BCUT2D eigenvalue weighted by molar-refractivity contribution is 6.35. The molecule has 1 aromatic rings. The molecule has 0 aromatic heterocycles. The van der Waals surface area contributed by atoms with Gasteiger partial charge in [0, 0.05) is 28.7 Å². The zero-order valence-electron chi connectivity index (χ0n) is 12.4. The summed E-state index contributed by atoms with van der Waals surface area (Å²) in [5, 5.41) is 10.2. The highest BCUT2D eigenvalue weighted by Crippen LogP contribution is 2.22. The van der Waals surface area contributed by atoms with E-state index in [4.69, 9.17) is 28.3 Å². The third-order valence-corrected chi connectivity index (χ3v) is 3.94. The van der Waals surface area contributed by atoms with Crippen LogP contribution in [-0.4, -0.2) is 35.1 Å². The van der Waals surface area contributed by atoms with Crippen LogP contribution in [0.5, 0.6) is 0 Å². The molecule has 0 atom stereocenters. The number of nitrogens with zero attached hydrogens (tertiary/aromatic N) is 1. The SMILES string of the molecule is CCC(CC)N(CCO)C(=O)C=Cc1ccc(Cl)cc1Cl. The lowest BCUT2D eigenvalue weighted by Crippen LogP contribution is -2.40. The monoisotopic (exact) mass is 329 g/mol. The van der Waals surface area contributed by atoms with Gasteiger partial charge in [-0.1, -0.05) is 43.1 Å². The number of halogens is 2. The molecular weight excluding hydrogens is 309 g/mol. The third kappa shape index (κ3) is 5.34. The van der Waals surface area contributed by atoms with Crippen LogP contribution in [0.2, 0.25) is 10.0 Å². The topological polar surface area (TPSA) is 40.5 Å². The van der Waals surface area contributed by atoms with Gasteiger partial charge >= 0.3 is 0 Å². The van der Waals surface area contributed by atoms with Gasteiger partial charge in [0.1, 0.15) is 0 Å². The maximum Gasteiger partial charge on any atom is 0.246 e. The maximum atomic E-state index is 12.3. The number of carbonyl (C=O) groups is 1. The molecule has 0 fully saturated rings. The van der Waals surface area contributed by atoms with Crippen molar-refractivity contribution in [3.63, 3.8) is 0 Å². The number of aliphatic hydroxyl groups excluding tert-OH is 1. The summed E-state index contributed by atoms with van der Waals surface area (Å²) < 4.78 is 0. The van der Waals surface area contributed by atoms with Crippen molar-refractivity contribution < 1.29 is 9.90 Å². The Balaban J connectivity index is 2.87. The first-order chi connectivity index (χ1) is 10.0. The Hall–Kier alpha value is -1.03. The van der Waals surface area contributed by atoms with Crippen molar-refractivity contribution in [1.82, 2.24) is 4.90 Å². The van der Waals surface area contributed by atoms with Crippen LogP contribution >= 0.6 is 23.2 Å². The highest BCUT2D eigenvalue weighted by atomic mass is 35.5. The van der Waals surface area contributed by atoms with E-state index in [2.05, 4.69) is 0 Å². The molecule has 1 N–H and O–H groups in total. The van der Waals surface area contributed by atoms with Crippen molar-refractivity contribution in [3.8, 4) is 0 Å². The summed E-state index contributed by atoms with van der Waals surface area (Å²) in [5.74, 6) is -0.122. The molecule has 0 saturated heterocycles. The predicted molar refractivity (Wildman–Crippen MR) is 88.7 cm³/mol. The van der Waals surface area contributed by atoms with Crippen molar-refractivity contribution in [2.24, 2.45) is 0 Å². The van der Waals surface area contributed by atoms with Crippen LogP contribution in [0.3, 0.4) is 0 Å². The van der Waals surface area contributed by atoms with Crippen LogP contribution in [0, 0.1) is 0 Å². The quantitative estimate of drug-likeness (QED) is 0.767. The van der Waals surface area contributed by atoms with Crippen LogP contribution < -0.4 is 0 Å². The molecule has 5 heteroatoms. The van der Waals surface area contributed by atoms with Crippen LogP contribution in [0.15, 0.2) is 24.3 Å². The van der Waals surface area contributed by atoms with Gasteiger partial charge in [-0.2, -0.15) is 0 Å². The molecule has 0 heterocycles. The highest BCUT2D eigenvalue weighted by Gasteiger charge is 2.18. The number of carbonyl (C=O) groups excluding carboxylic acids is 1. The minimum Gasteiger partial charge on any atom is -0.395 e. The molecule has 1 amide bonds. The summed E-state index contributed by atoms with van der Waals surface area (Å²) in [5.41, 5.74) is 0.739. The fraction of sp³-hybridized carbons (Fsp3) is 0.438. The smallest absolute Gasteiger partial charge is 0.246 e. The number of aliphatic hydroxyl groups is 1. The van der Waals surface area contributed by atoms with E-state index in [1.807, 2.05) is 13.8 Å². The van der Waals surface area contributed by atoms with Gasteiger partial charge in [0.15, 0.2) is 0 Å². The Morgan fingerprint density at radius 1 is 1.33 bits per heavy atom. The van der Waals surface area contributed by atoms with Crippen molar-refractivity contribution in [2.75, 3.05) is 13.2 Å². The summed E-state index contributed by atoms with van der Waals surface area (Å²) in [7, 11) is 0. The molecular formula is C16H21Cl2NO2. The Kier molecular flexibility index (Phi) is 7.79. The van der Waals surface area contributed by atoms with E-state index in [9.17, 15) is 4.79 Å². The summed E-state index contributed by atoms with van der Waals surface area (Å²) >= 11 is 11.9. The molecule has 0 bridgehead atoms. The minimum absolute atomic E-state index is 0.0439. The lowest BCUT2D eigenvalue weighted by molar-refractivity contribution is -0.128. The van der Waals surface area contributed by atoms with E-state index in [1.165, 1.54) is 6.08 Å². The zero-order valence-corrected chi connectivity index (χ0v) is 13.9. The molecule has 0 aliphatic heterocycles. The van der Waals surface area contributed by atoms with Gasteiger partial charge in [0.05, 0.1) is 6.61 Å². The van der Waals surface area contributed by atoms with Crippen LogP contribution in [-0.2, 0) is 4.79 Å². The lowest BCUT2D eigenvalue weighted by Gasteiger charge is -2.29. The molecule has 0 spiro atoms. The van der Waals surface area contributed by atoms with Crippen molar-refractivity contribution >= 4 is 35.2 Å². The van der Waals surface area contributed by atoms with Gasteiger partial charge < -0.3 is 10.0 Å². The van der Waals surface area contributed by atoms with E-state index < -0.39 is 0 Å². The Morgan fingerprint density at radius 3 is 2.52 bits per heavy atom. The van der Waals surface area contributed by atoms with Crippen LogP contribution in [0.1, 0.15) is 32.3 Å². The molecule has 0 aliphatic rings. The second-order valence-electron chi connectivity index (χ2n) is 4.72. The average molecular weight is 330 g/mol. The van der Waals surface area contributed by atoms with Crippen LogP contribution in [0.4, 0.5) is 0 Å². The first-order valence-electron chi connectivity index (χ1n) is 7.08. The molecule has 1 aromatic carbocycles. The molecule has 116 valence electrons. The van der Waals surface area contributed by atoms with E-state index in [0.717, 1.165) is 18.4 Å². The Bertz CT molecular complexity index is 499. The Labute approximate surface area is 136 Å². The third-order valence-electron chi connectivity index (χ3n) is 3.38. The van der Waals surface area contributed by atoms with Crippen molar-refractivity contribution in [3.05, 3.63) is 39.9 Å². The number of hydrogen-bond donors (Lipinski definition) is 1. The van der Waals surface area contributed by atoms with Crippen LogP contribution in [0.25, 0.3) is 6.08 Å². The normalized spacial score (nSPS) is 11.3. The first-order valence-corrected chi connectivity index (χ1v) is 7.83. The summed E-state index contributed by atoms with van der Waals surface area (Å²) in [4.78, 5) is 14.0.